The number of ether oxygens (including phenoxy) is 3. The van der Waals surface area contributed by atoms with Crippen LogP contribution in [0.1, 0.15) is 37.5 Å². The van der Waals surface area contributed by atoms with E-state index in [1.807, 2.05) is 30.4 Å². The van der Waals surface area contributed by atoms with Crippen molar-refractivity contribution < 1.29 is 32.9 Å². The van der Waals surface area contributed by atoms with Gasteiger partial charge in [0.05, 0.1) is 0 Å². The van der Waals surface area contributed by atoms with Gasteiger partial charge in [0.1, 0.15) is 31.6 Å². The van der Waals surface area contributed by atoms with E-state index in [1.54, 1.807) is 19.2 Å². The summed E-state index contributed by atoms with van der Waals surface area (Å²) in [6.45, 7) is -3.29. The Labute approximate surface area is 259 Å². The smallest absolute Gasteiger partial charge is 0.431 e. The lowest BCUT2D eigenvalue weighted by Gasteiger charge is -2.26. The summed E-state index contributed by atoms with van der Waals surface area (Å²) in [5, 5.41) is 6.55. The number of nitrogens with zero attached hydrogens (tertiary/aromatic N) is 1. The Hall–Kier alpha value is -2.91. The van der Waals surface area contributed by atoms with Crippen molar-refractivity contribution in [2.45, 2.75) is 50.7 Å². The Morgan fingerprint density at radius 1 is 1.19 bits per heavy atom. The first-order chi connectivity index (χ1) is 20.6. The molecule has 43 heavy (non-hydrogen) atoms. The molecule has 2 aromatic rings. The predicted octanol–water partition coefficient (Wildman–Crippen LogP) is 2.86. The number of aromatic nitrogens is 2. The maximum atomic E-state index is 12.7. The molecule has 236 valence electrons. The van der Waals surface area contributed by atoms with Crippen LogP contribution in [-0.4, -0.2) is 65.2 Å². The molecule has 2 unspecified atom stereocenters. The molecule has 16 heteroatoms. The summed E-state index contributed by atoms with van der Waals surface area (Å²) in [4.78, 5) is 49.6. The maximum Gasteiger partial charge on any atom is 0.508 e. The van der Waals surface area contributed by atoms with Gasteiger partial charge in [-0.1, -0.05) is 42.5 Å². The summed E-state index contributed by atoms with van der Waals surface area (Å²) in [5.41, 5.74) is -0.489. The van der Waals surface area contributed by atoms with E-state index < -0.39 is 48.5 Å². The zero-order valence-electron chi connectivity index (χ0n) is 23.9. The van der Waals surface area contributed by atoms with Crippen molar-refractivity contribution in [2.75, 3.05) is 27.3 Å². The number of carbonyl (C=O) groups is 1. The molecule has 1 aromatic carbocycles. The molecule has 13 nitrogen and oxygen atoms in total. The fraction of sp³-hybridized carbons (Fsp3) is 0.481. The number of carbonyl (C=O) groups excluding carboxylic acids is 1. The van der Waals surface area contributed by atoms with Gasteiger partial charge in [-0.25, -0.2) is 9.59 Å². The third-order valence-corrected chi connectivity index (χ3v) is 8.56. The Kier molecular flexibility index (Phi) is 14.0. The number of hydrogen-bond donors (Lipinski definition) is 4. The minimum absolute atomic E-state index is 0.00723. The number of H-pyrrole nitrogens is 1. The van der Waals surface area contributed by atoms with Gasteiger partial charge >= 0.3 is 18.6 Å². The molecule has 3 rings (SSSR count). The minimum atomic E-state index is -3.71. The number of allylic oxidation sites excluding steroid dienone is 2. The highest BCUT2D eigenvalue weighted by Gasteiger charge is 2.48. The van der Waals surface area contributed by atoms with E-state index in [9.17, 15) is 19.3 Å². The van der Waals surface area contributed by atoms with E-state index in [2.05, 4.69) is 15.6 Å². The zero-order chi connectivity index (χ0) is 31.2. The number of benzene rings is 1. The monoisotopic (exact) mass is 656 g/mol. The number of hydrogen-bond acceptors (Lipinski definition) is 10. The third kappa shape index (κ3) is 11.3. The molecule has 0 radical (unpaired) electrons. The van der Waals surface area contributed by atoms with Crippen LogP contribution in [0.25, 0.3) is 0 Å². The van der Waals surface area contributed by atoms with Crippen LogP contribution in [0.4, 0.5) is 4.79 Å². The van der Waals surface area contributed by atoms with Crippen LogP contribution in [0.5, 0.6) is 0 Å². The Morgan fingerprint density at radius 2 is 1.95 bits per heavy atom. The summed E-state index contributed by atoms with van der Waals surface area (Å²) in [7, 11) is 2.98. The first kappa shape index (κ1) is 34.6. The largest absolute Gasteiger partial charge is 0.508 e. The fourth-order valence-electron chi connectivity index (χ4n) is 4.38. The lowest BCUT2D eigenvalue weighted by Crippen LogP contribution is -2.35. The lowest BCUT2D eigenvalue weighted by atomic mass is 9.95. The fourth-order valence-corrected chi connectivity index (χ4v) is 5.47. The SMILES string of the molecule is CNC(=S)NCCCC/C=C/C[C@H]1C(OP(O)(=S)OC)[C@@H](COC(=O)OCc2ccccc2)O[C@H]1n1ccc(=O)[nH]c1=O. The second-order valence-corrected chi connectivity index (χ2v) is 12.8. The highest BCUT2D eigenvalue weighted by atomic mass is 32.5. The predicted molar refractivity (Wildman–Crippen MR) is 167 cm³/mol. The third-order valence-electron chi connectivity index (χ3n) is 6.53. The van der Waals surface area contributed by atoms with Crippen LogP contribution >= 0.6 is 18.9 Å². The normalized spacial score (nSPS) is 21.3. The van der Waals surface area contributed by atoms with E-state index in [4.69, 9.17) is 47.3 Å². The number of thiocarbonyl (C=S) groups is 1. The first-order valence-electron chi connectivity index (χ1n) is 13.6. The molecule has 0 amide bonds. The molecule has 0 spiro atoms. The van der Waals surface area contributed by atoms with Crippen molar-refractivity contribution in [3.05, 3.63) is 81.1 Å². The summed E-state index contributed by atoms with van der Waals surface area (Å²) in [5.74, 6) is -0.590. The summed E-state index contributed by atoms with van der Waals surface area (Å²) in [6.07, 6.45) is 4.37. The van der Waals surface area contributed by atoms with Crippen molar-refractivity contribution >= 4 is 42.0 Å². The van der Waals surface area contributed by atoms with Gasteiger partial charge in [-0.3, -0.25) is 14.3 Å². The second kappa shape index (κ2) is 17.4. The average Bonchev–Trinajstić information content (AvgIpc) is 3.32. The van der Waals surface area contributed by atoms with Crippen LogP contribution in [-0.2, 0) is 41.7 Å². The molecule has 0 saturated carbocycles. The van der Waals surface area contributed by atoms with Gasteiger partial charge in [0, 0.05) is 38.9 Å². The molecule has 0 bridgehead atoms. The standard InChI is InChI=1S/C27H37N4O9PS2/c1-28-25(42)29-15-10-5-3-4-9-13-20-23(40-41(35,43)36-2)21(39-24(20)31-16-14-22(32)30-26(31)33)18-38-27(34)37-17-19-11-7-6-8-12-19/h4,6-9,11-12,14,16,20-21,23-24H,3,5,10,13,15,17-18H2,1-2H3,(H,35,43)(H2,28,29,42)(H,30,32,33)/b9-4+/t20-,21+,23?,24+,41?/m0/s1. The lowest BCUT2D eigenvalue weighted by molar-refractivity contribution is -0.0593. The van der Waals surface area contributed by atoms with Gasteiger partial charge in [0.25, 0.3) is 5.56 Å². The zero-order valence-corrected chi connectivity index (χ0v) is 26.4. The Morgan fingerprint density at radius 3 is 2.65 bits per heavy atom. The number of rotatable bonds is 15. The Balaban J connectivity index is 1.74. The molecule has 1 saturated heterocycles. The topological polar surface area (TPSA) is 162 Å². The molecule has 1 aliphatic heterocycles. The van der Waals surface area contributed by atoms with Crippen molar-refractivity contribution in [1.29, 1.82) is 0 Å². The average molecular weight is 657 g/mol. The summed E-state index contributed by atoms with van der Waals surface area (Å²) < 4.78 is 28.8. The van der Waals surface area contributed by atoms with E-state index in [1.165, 1.54) is 23.9 Å². The molecule has 1 aromatic heterocycles. The van der Waals surface area contributed by atoms with Crippen LogP contribution in [0.15, 0.2) is 64.3 Å². The summed E-state index contributed by atoms with van der Waals surface area (Å²) in [6, 6.07) is 10.3. The van der Waals surface area contributed by atoms with Gasteiger partial charge in [0.2, 0.25) is 0 Å². The van der Waals surface area contributed by atoms with E-state index in [-0.39, 0.29) is 13.2 Å². The molecule has 5 atom stereocenters. The molecule has 2 heterocycles. The van der Waals surface area contributed by atoms with E-state index in [0.717, 1.165) is 31.4 Å². The van der Waals surface area contributed by atoms with Crippen LogP contribution in [0, 0.1) is 5.92 Å². The highest BCUT2D eigenvalue weighted by molar-refractivity contribution is 8.07. The van der Waals surface area contributed by atoms with Gasteiger partial charge in [-0.2, -0.15) is 0 Å². The van der Waals surface area contributed by atoms with Gasteiger partial charge < -0.3 is 38.8 Å². The van der Waals surface area contributed by atoms with Gasteiger partial charge in [-0.05, 0) is 55.3 Å². The number of nitrogens with one attached hydrogen (secondary N) is 3. The number of unbranched alkanes of at least 4 members (excludes halogenated alkanes) is 2. The molecule has 0 aliphatic carbocycles. The Bertz CT molecular complexity index is 1390. The maximum absolute atomic E-state index is 12.7. The quantitative estimate of drug-likeness (QED) is 0.0729. The second-order valence-electron chi connectivity index (χ2n) is 9.51. The molecular weight excluding hydrogens is 619 g/mol. The van der Waals surface area contributed by atoms with Gasteiger partial charge in [0.15, 0.2) is 5.11 Å². The molecular formula is C27H37N4O9PS2. The molecule has 1 fully saturated rings. The van der Waals surface area contributed by atoms with Crippen LogP contribution in [0.2, 0.25) is 0 Å². The van der Waals surface area contributed by atoms with Crippen LogP contribution in [0.3, 0.4) is 0 Å². The van der Waals surface area contributed by atoms with Crippen molar-refractivity contribution in [1.82, 2.24) is 20.2 Å². The minimum Gasteiger partial charge on any atom is -0.431 e. The van der Waals surface area contributed by atoms with E-state index >= 15 is 0 Å². The van der Waals surface area contributed by atoms with E-state index in [0.29, 0.717) is 11.5 Å². The highest BCUT2D eigenvalue weighted by Crippen LogP contribution is 2.50. The summed E-state index contributed by atoms with van der Waals surface area (Å²) >= 11 is 10.2. The first-order valence-corrected chi connectivity index (χ1v) is 16.6. The van der Waals surface area contributed by atoms with Crippen molar-refractivity contribution in [3.63, 3.8) is 0 Å². The van der Waals surface area contributed by atoms with Crippen molar-refractivity contribution in [3.8, 4) is 0 Å². The molecule has 4 N–H and O–H groups in total. The molecule has 1 aliphatic rings. The van der Waals surface area contributed by atoms with Gasteiger partial charge in [-0.15, -0.1) is 0 Å². The number of aromatic amines is 1. The van der Waals surface area contributed by atoms with Crippen molar-refractivity contribution in [2.24, 2.45) is 5.92 Å². The van der Waals surface area contributed by atoms with Crippen LogP contribution < -0.4 is 21.9 Å².